The number of imidazole rings is 1. The molecule has 1 N–H and O–H groups in total. The van der Waals surface area contributed by atoms with Crippen LogP contribution in [0, 0.1) is 0 Å². The van der Waals surface area contributed by atoms with Gasteiger partial charge >= 0.3 is 0 Å². The van der Waals surface area contributed by atoms with Gasteiger partial charge < -0.3 is 14.3 Å². The molecule has 154 valence electrons. The number of aromatic hydroxyl groups is 1. The summed E-state index contributed by atoms with van der Waals surface area (Å²) in [6.45, 7) is 0. The van der Waals surface area contributed by atoms with Gasteiger partial charge in [0.15, 0.2) is 10.8 Å². The van der Waals surface area contributed by atoms with E-state index in [0.717, 1.165) is 5.56 Å². The van der Waals surface area contributed by atoms with Crippen LogP contribution in [0.5, 0.6) is 11.6 Å². The zero-order valence-corrected chi connectivity index (χ0v) is 17.1. The Labute approximate surface area is 181 Å². The molecule has 0 spiro atoms. The van der Waals surface area contributed by atoms with E-state index in [0.29, 0.717) is 46.2 Å². The lowest BCUT2D eigenvalue weighted by Gasteiger charge is -2.09. The third kappa shape index (κ3) is 3.57. The lowest BCUT2D eigenvalue weighted by molar-refractivity contribution is 0.415. The molecule has 0 saturated heterocycles. The van der Waals surface area contributed by atoms with Crippen molar-refractivity contribution in [2.24, 2.45) is 0 Å². The summed E-state index contributed by atoms with van der Waals surface area (Å²) in [5.74, 6) is 1.39. The van der Waals surface area contributed by atoms with E-state index < -0.39 is 0 Å². The number of methoxy groups -OCH3 is 1. The molecule has 0 amide bonds. The first-order valence-electron chi connectivity index (χ1n) is 9.38. The smallest absolute Gasteiger partial charge is 0.219 e. The first kappa shape index (κ1) is 19.1. The van der Waals surface area contributed by atoms with E-state index in [1.54, 1.807) is 42.3 Å². The fraction of sp³-hybridized carbons (Fsp3) is 0.0909. The topological polar surface area (TPSA) is 98.6 Å². The van der Waals surface area contributed by atoms with E-state index in [2.05, 4.69) is 15.2 Å². The van der Waals surface area contributed by atoms with Gasteiger partial charge in [-0.2, -0.15) is 5.10 Å². The van der Waals surface area contributed by atoms with Crippen LogP contribution in [0.3, 0.4) is 0 Å². The number of benzene rings is 1. The molecule has 0 fully saturated rings. The van der Waals surface area contributed by atoms with Crippen LogP contribution in [0.1, 0.15) is 11.5 Å². The number of rotatable bonds is 5. The van der Waals surface area contributed by atoms with E-state index in [9.17, 15) is 5.11 Å². The van der Waals surface area contributed by atoms with Crippen LogP contribution >= 0.6 is 11.6 Å². The van der Waals surface area contributed by atoms with Crippen molar-refractivity contribution in [3.63, 3.8) is 0 Å². The summed E-state index contributed by atoms with van der Waals surface area (Å²) in [5.41, 5.74) is 3.51. The Morgan fingerprint density at radius 2 is 2.03 bits per heavy atom. The van der Waals surface area contributed by atoms with Gasteiger partial charge in [-0.25, -0.2) is 9.97 Å². The average Bonchev–Trinajstić information content (AvgIpc) is 3.42. The summed E-state index contributed by atoms with van der Waals surface area (Å²) in [5, 5.41) is 18.9. The molecule has 1 aromatic carbocycles. The Morgan fingerprint density at radius 3 is 2.81 bits per heavy atom. The summed E-state index contributed by atoms with van der Waals surface area (Å²) in [4.78, 5) is 9.45. The molecule has 0 radical (unpaired) electrons. The fourth-order valence-corrected chi connectivity index (χ4v) is 3.53. The fourth-order valence-electron chi connectivity index (χ4n) is 3.36. The summed E-state index contributed by atoms with van der Waals surface area (Å²) in [6, 6.07) is 12.8. The van der Waals surface area contributed by atoms with Gasteiger partial charge in [0.25, 0.3) is 0 Å². The van der Waals surface area contributed by atoms with E-state index in [1.807, 2.05) is 30.3 Å². The second-order valence-corrected chi connectivity index (χ2v) is 7.19. The van der Waals surface area contributed by atoms with Gasteiger partial charge in [0.2, 0.25) is 5.88 Å². The number of fused-ring (bicyclic) bond motifs is 1. The molecule has 0 aliphatic carbocycles. The van der Waals surface area contributed by atoms with E-state index in [4.69, 9.17) is 25.7 Å². The van der Waals surface area contributed by atoms with Gasteiger partial charge in [0, 0.05) is 17.3 Å². The van der Waals surface area contributed by atoms with Crippen LogP contribution in [0.15, 0.2) is 65.5 Å². The first-order valence-corrected chi connectivity index (χ1v) is 9.76. The summed E-state index contributed by atoms with van der Waals surface area (Å²) >= 11 is 6.07. The normalized spacial score (nSPS) is 11.2. The number of aromatic nitrogens is 5. The molecule has 0 bridgehead atoms. The Balaban J connectivity index is 1.74. The molecule has 0 aliphatic heterocycles. The maximum absolute atomic E-state index is 10.9. The number of nitrogens with zero attached hydrogens (tertiary/aromatic N) is 5. The maximum Gasteiger partial charge on any atom is 0.219 e. The predicted molar refractivity (Wildman–Crippen MR) is 114 cm³/mol. The Hall–Kier alpha value is -3.91. The number of halogens is 1. The summed E-state index contributed by atoms with van der Waals surface area (Å²) in [7, 11) is 1.61. The molecule has 9 heteroatoms. The minimum absolute atomic E-state index is 0.00677. The third-order valence-electron chi connectivity index (χ3n) is 4.84. The van der Waals surface area contributed by atoms with E-state index in [-0.39, 0.29) is 11.0 Å². The molecule has 8 nitrogen and oxygen atoms in total. The van der Waals surface area contributed by atoms with Crippen molar-refractivity contribution in [1.82, 2.24) is 24.6 Å². The van der Waals surface area contributed by atoms with Crippen molar-refractivity contribution in [2.75, 3.05) is 7.11 Å². The van der Waals surface area contributed by atoms with Crippen LogP contribution in [0.25, 0.3) is 28.2 Å². The molecule has 31 heavy (non-hydrogen) atoms. The highest BCUT2D eigenvalue weighted by Crippen LogP contribution is 2.32. The van der Waals surface area contributed by atoms with Gasteiger partial charge in [-0.3, -0.25) is 4.40 Å². The highest BCUT2D eigenvalue weighted by molar-refractivity contribution is 6.29. The second-order valence-electron chi connectivity index (χ2n) is 6.81. The molecule has 0 aliphatic rings. The van der Waals surface area contributed by atoms with Crippen LogP contribution in [-0.4, -0.2) is 36.8 Å². The van der Waals surface area contributed by atoms with Crippen LogP contribution in [0.2, 0.25) is 5.15 Å². The van der Waals surface area contributed by atoms with Crippen molar-refractivity contribution >= 4 is 17.2 Å². The standard InChI is InChI=1S/C22H16ClN5O3/c1-30-15-5-2-4-13(8-15)18-12-28-21(20(25-18)14-9-19(23)27-24-11-14)26-17(22(28)29)10-16-6-3-7-31-16/h2-9,11-12,29H,10H2,1H3. The monoisotopic (exact) mass is 433 g/mol. The molecule has 0 atom stereocenters. The molecular formula is C22H16ClN5O3. The van der Waals surface area contributed by atoms with Gasteiger partial charge in [-0.05, 0) is 30.3 Å². The Kier molecular flexibility index (Phi) is 4.76. The second kappa shape index (κ2) is 7.73. The zero-order chi connectivity index (χ0) is 21.4. The lowest BCUT2D eigenvalue weighted by atomic mass is 10.1. The van der Waals surface area contributed by atoms with Gasteiger partial charge in [-0.1, -0.05) is 23.7 Å². The summed E-state index contributed by atoms with van der Waals surface area (Å²) in [6.07, 6.45) is 5.21. The minimum Gasteiger partial charge on any atom is -0.497 e. The van der Waals surface area contributed by atoms with Crippen molar-refractivity contribution in [1.29, 1.82) is 0 Å². The SMILES string of the molecule is COc1cccc(-c2cn3c(O)c(Cc4ccco4)nc3c(-c3cnnc(Cl)c3)n2)c1. The molecule has 5 aromatic rings. The minimum atomic E-state index is 0.00677. The zero-order valence-electron chi connectivity index (χ0n) is 16.4. The highest BCUT2D eigenvalue weighted by atomic mass is 35.5. The quantitative estimate of drug-likeness (QED) is 0.438. The lowest BCUT2D eigenvalue weighted by Crippen LogP contribution is -1.97. The third-order valence-corrected chi connectivity index (χ3v) is 5.02. The van der Waals surface area contributed by atoms with Gasteiger partial charge in [0.1, 0.15) is 22.9 Å². The Morgan fingerprint density at radius 1 is 1.13 bits per heavy atom. The number of hydrogen-bond acceptors (Lipinski definition) is 7. The first-order chi connectivity index (χ1) is 15.1. The molecular weight excluding hydrogens is 418 g/mol. The maximum atomic E-state index is 10.9. The van der Waals surface area contributed by atoms with Crippen LogP contribution < -0.4 is 4.74 Å². The van der Waals surface area contributed by atoms with Gasteiger partial charge in [-0.15, -0.1) is 5.10 Å². The number of ether oxygens (including phenoxy) is 1. The van der Waals surface area contributed by atoms with Gasteiger partial charge in [0.05, 0.1) is 31.7 Å². The van der Waals surface area contributed by atoms with Crippen LogP contribution in [-0.2, 0) is 6.42 Å². The molecule has 0 unspecified atom stereocenters. The van der Waals surface area contributed by atoms with Crippen molar-refractivity contribution in [3.05, 3.63) is 77.7 Å². The summed E-state index contributed by atoms with van der Waals surface area (Å²) < 4.78 is 12.4. The predicted octanol–water partition coefficient (Wildman–Crippen LogP) is 4.40. The number of furan rings is 1. The largest absolute Gasteiger partial charge is 0.497 e. The van der Waals surface area contributed by atoms with Crippen molar-refractivity contribution in [3.8, 4) is 34.1 Å². The van der Waals surface area contributed by atoms with Crippen molar-refractivity contribution < 1.29 is 14.3 Å². The average molecular weight is 434 g/mol. The van der Waals surface area contributed by atoms with Crippen molar-refractivity contribution in [2.45, 2.75) is 6.42 Å². The molecule has 0 saturated carbocycles. The molecule has 4 aromatic heterocycles. The number of hydrogen-bond donors (Lipinski definition) is 1. The van der Waals surface area contributed by atoms with Crippen LogP contribution in [0.4, 0.5) is 0 Å². The Bertz CT molecular complexity index is 1380. The van der Waals surface area contributed by atoms with E-state index in [1.165, 1.54) is 0 Å². The highest BCUT2D eigenvalue weighted by Gasteiger charge is 2.20. The molecule has 4 heterocycles. The van der Waals surface area contributed by atoms with E-state index >= 15 is 0 Å². The molecule has 5 rings (SSSR count).